The largest absolute Gasteiger partial charge is 0.478 e. The van der Waals surface area contributed by atoms with Crippen molar-refractivity contribution in [1.82, 2.24) is 0 Å². The lowest BCUT2D eigenvalue weighted by Gasteiger charge is -2.16. The monoisotopic (exact) mass is 385 g/mol. The smallest absolute Gasteiger partial charge is 0.335 e. The molecule has 7 heteroatoms. The Kier molecular flexibility index (Phi) is 4.19. The number of aryl methyl sites for hydroxylation is 1. The quantitative estimate of drug-likeness (QED) is 0.706. The molecule has 1 aliphatic rings. The minimum atomic E-state index is -3.90. The zero-order chi connectivity index (χ0) is 19.2. The highest BCUT2D eigenvalue weighted by Crippen LogP contribution is 2.35. The molecule has 1 aromatic heterocycles. The molecule has 27 heavy (non-hydrogen) atoms. The van der Waals surface area contributed by atoms with Gasteiger partial charge in [-0.3, -0.25) is 4.72 Å². The van der Waals surface area contributed by atoms with Gasteiger partial charge in [0.15, 0.2) is 0 Å². The van der Waals surface area contributed by atoms with Gasteiger partial charge in [-0.05, 0) is 55.2 Å². The molecule has 0 saturated heterocycles. The van der Waals surface area contributed by atoms with Crippen LogP contribution in [-0.2, 0) is 22.9 Å². The van der Waals surface area contributed by atoms with Crippen molar-refractivity contribution in [3.8, 4) is 0 Å². The second kappa shape index (κ2) is 6.42. The van der Waals surface area contributed by atoms with E-state index in [1.54, 1.807) is 18.2 Å². The Morgan fingerprint density at radius 1 is 1.22 bits per heavy atom. The predicted octanol–water partition coefficient (Wildman–Crippen LogP) is 4.06. The minimum Gasteiger partial charge on any atom is -0.478 e. The number of furan rings is 1. The van der Waals surface area contributed by atoms with Crippen molar-refractivity contribution in [2.45, 2.75) is 31.1 Å². The molecule has 0 saturated carbocycles. The first kappa shape index (κ1) is 17.6. The van der Waals surface area contributed by atoms with E-state index in [2.05, 4.69) is 11.6 Å². The maximum atomic E-state index is 12.7. The Balaban J connectivity index is 1.69. The van der Waals surface area contributed by atoms with Gasteiger partial charge >= 0.3 is 5.97 Å². The number of carboxylic acids is 1. The number of anilines is 1. The van der Waals surface area contributed by atoms with Crippen LogP contribution in [0.15, 0.2) is 51.8 Å². The van der Waals surface area contributed by atoms with E-state index in [0.717, 1.165) is 47.6 Å². The number of hydrogen-bond donors (Lipinski definition) is 2. The van der Waals surface area contributed by atoms with Crippen LogP contribution in [0.25, 0.3) is 11.0 Å². The fourth-order valence-corrected chi connectivity index (χ4v) is 4.62. The lowest BCUT2D eigenvalue weighted by molar-refractivity contribution is 0.0696. The van der Waals surface area contributed by atoms with Crippen LogP contribution < -0.4 is 4.72 Å². The van der Waals surface area contributed by atoms with Gasteiger partial charge in [-0.2, -0.15) is 0 Å². The SMILES string of the molecule is CC1CCc2oc3ccc(NS(=O)(=O)c4cccc(C(=O)O)c4)cc3c2C1. The van der Waals surface area contributed by atoms with Gasteiger partial charge in [0.25, 0.3) is 10.0 Å². The van der Waals surface area contributed by atoms with Crippen LogP contribution in [0.3, 0.4) is 0 Å². The molecule has 6 nitrogen and oxygen atoms in total. The Morgan fingerprint density at radius 3 is 2.81 bits per heavy atom. The first-order valence-corrected chi connectivity index (χ1v) is 10.2. The van der Waals surface area contributed by atoms with Gasteiger partial charge < -0.3 is 9.52 Å². The molecule has 0 fully saturated rings. The molecular weight excluding hydrogens is 366 g/mol. The molecule has 0 radical (unpaired) electrons. The fraction of sp³-hybridized carbons (Fsp3) is 0.250. The van der Waals surface area contributed by atoms with E-state index in [1.165, 1.54) is 18.2 Å². The summed E-state index contributed by atoms with van der Waals surface area (Å²) in [4.78, 5) is 11.0. The molecule has 0 aliphatic heterocycles. The third-order valence-electron chi connectivity index (χ3n) is 4.93. The fourth-order valence-electron chi connectivity index (χ4n) is 3.53. The second-order valence-electron chi connectivity index (χ2n) is 7.00. The summed E-state index contributed by atoms with van der Waals surface area (Å²) < 4.78 is 33.8. The van der Waals surface area contributed by atoms with Gasteiger partial charge in [-0.15, -0.1) is 0 Å². The summed E-state index contributed by atoms with van der Waals surface area (Å²) in [5, 5.41) is 9.99. The van der Waals surface area contributed by atoms with Crippen molar-refractivity contribution in [3.63, 3.8) is 0 Å². The molecule has 2 aromatic carbocycles. The molecular formula is C20H19NO5S. The summed E-state index contributed by atoms with van der Waals surface area (Å²) in [7, 11) is -3.90. The molecule has 3 aromatic rings. The van der Waals surface area contributed by atoms with Gasteiger partial charge in [-0.1, -0.05) is 13.0 Å². The lowest BCUT2D eigenvalue weighted by atomic mass is 9.88. The lowest BCUT2D eigenvalue weighted by Crippen LogP contribution is -2.13. The highest BCUT2D eigenvalue weighted by Gasteiger charge is 2.23. The first-order valence-electron chi connectivity index (χ1n) is 8.74. The van der Waals surface area contributed by atoms with Crippen molar-refractivity contribution in [1.29, 1.82) is 0 Å². The summed E-state index contributed by atoms with van der Waals surface area (Å²) in [6.45, 7) is 2.20. The van der Waals surface area contributed by atoms with E-state index in [0.29, 0.717) is 11.6 Å². The van der Waals surface area contributed by atoms with Gasteiger partial charge in [-0.25, -0.2) is 13.2 Å². The third-order valence-corrected chi connectivity index (χ3v) is 6.31. The van der Waals surface area contributed by atoms with Crippen LogP contribution in [0.2, 0.25) is 0 Å². The normalized spacial score (nSPS) is 16.9. The molecule has 0 bridgehead atoms. The van der Waals surface area contributed by atoms with E-state index in [-0.39, 0.29) is 10.5 Å². The van der Waals surface area contributed by atoms with E-state index in [9.17, 15) is 13.2 Å². The molecule has 1 atom stereocenters. The van der Waals surface area contributed by atoms with Crippen LogP contribution in [0.5, 0.6) is 0 Å². The highest BCUT2D eigenvalue weighted by molar-refractivity contribution is 7.92. The van der Waals surface area contributed by atoms with Crippen LogP contribution in [0.4, 0.5) is 5.69 Å². The standard InChI is InChI=1S/C20H19NO5S/c1-12-5-7-18-16(9-12)17-11-14(6-8-19(17)26-18)21-27(24,25)15-4-2-3-13(10-15)20(22)23/h2-4,6,8,10-12,21H,5,7,9H2,1H3,(H,22,23). The van der Waals surface area contributed by atoms with E-state index < -0.39 is 16.0 Å². The molecule has 140 valence electrons. The number of aromatic carboxylic acids is 1. The van der Waals surface area contributed by atoms with E-state index in [1.807, 2.05) is 0 Å². The third kappa shape index (κ3) is 3.30. The van der Waals surface area contributed by atoms with Gasteiger partial charge in [0.05, 0.1) is 10.5 Å². The van der Waals surface area contributed by atoms with Crippen LogP contribution in [0.1, 0.15) is 35.0 Å². The van der Waals surface area contributed by atoms with Crippen molar-refractivity contribution >= 4 is 32.6 Å². The highest BCUT2D eigenvalue weighted by atomic mass is 32.2. The van der Waals surface area contributed by atoms with Crippen LogP contribution >= 0.6 is 0 Å². The zero-order valence-corrected chi connectivity index (χ0v) is 15.5. The van der Waals surface area contributed by atoms with Crippen molar-refractivity contribution in [2.24, 2.45) is 5.92 Å². The van der Waals surface area contributed by atoms with Crippen molar-refractivity contribution < 1.29 is 22.7 Å². The van der Waals surface area contributed by atoms with Gasteiger partial charge in [0.1, 0.15) is 11.3 Å². The molecule has 4 rings (SSSR count). The predicted molar refractivity (Wildman–Crippen MR) is 102 cm³/mol. The zero-order valence-electron chi connectivity index (χ0n) is 14.7. The maximum absolute atomic E-state index is 12.7. The maximum Gasteiger partial charge on any atom is 0.335 e. The summed E-state index contributed by atoms with van der Waals surface area (Å²) in [5.74, 6) is 0.377. The Hall–Kier alpha value is -2.80. The molecule has 1 aliphatic carbocycles. The Labute approximate surface area is 156 Å². The first-order chi connectivity index (χ1) is 12.8. The molecule has 0 amide bonds. The number of fused-ring (bicyclic) bond motifs is 3. The Morgan fingerprint density at radius 2 is 2.04 bits per heavy atom. The average Bonchev–Trinajstić information content (AvgIpc) is 2.99. The number of hydrogen-bond acceptors (Lipinski definition) is 4. The molecule has 0 spiro atoms. The van der Waals surface area contributed by atoms with E-state index in [4.69, 9.17) is 9.52 Å². The number of rotatable bonds is 4. The van der Waals surface area contributed by atoms with Crippen LogP contribution in [-0.4, -0.2) is 19.5 Å². The average molecular weight is 385 g/mol. The number of carbonyl (C=O) groups is 1. The number of carboxylic acid groups (broad SMARTS) is 1. The summed E-state index contributed by atoms with van der Waals surface area (Å²) >= 11 is 0. The topological polar surface area (TPSA) is 96.6 Å². The summed E-state index contributed by atoms with van der Waals surface area (Å²) in [6.07, 6.45) is 2.90. The summed E-state index contributed by atoms with van der Waals surface area (Å²) in [6, 6.07) is 10.5. The minimum absolute atomic E-state index is 0.0776. The molecule has 2 N–H and O–H groups in total. The number of benzene rings is 2. The van der Waals surface area contributed by atoms with Crippen molar-refractivity contribution in [3.05, 3.63) is 59.4 Å². The van der Waals surface area contributed by atoms with Gasteiger partial charge in [0, 0.05) is 23.1 Å². The second-order valence-corrected chi connectivity index (χ2v) is 8.68. The molecule has 1 heterocycles. The van der Waals surface area contributed by atoms with Crippen LogP contribution in [0, 0.1) is 5.92 Å². The number of sulfonamides is 1. The molecule has 1 unspecified atom stereocenters. The number of nitrogens with one attached hydrogen (secondary N) is 1. The van der Waals surface area contributed by atoms with Crippen molar-refractivity contribution in [2.75, 3.05) is 4.72 Å². The van der Waals surface area contributed by atoms with Gasteiger partial charge in [0.2, 0.25) is 0 Å². The summed E-state index contributed by atoms with van der Waals surface area (Å²) in [5.41, 5.74) is 2.25. The Bertz CT molecular complexity index is 1150. The van der Waals surface area contributed by atoms with E-state index >= 15 is 0 Å².